The SMILES string of the molecule is Cc1nn(C)c(Cl)c1CN1CCC(O)CC1. The number of aromatic nitrogens is 2. The Balaban J connectivity index is 2.03. The molecule has 0 unspecified atom stereocenters. The molecule has 1 aromatic heterocycles. The maximum atomic E-state index is 9.44. The van der Waals surface area contributed by atoms with E-state index in [0.717, 1.165) is 48.9 Å². The fraction of sp³-hybridized carbons (Fsp3) is 0.727. The van der Waals surface area contributed by atoms with E-state index in [2.05, 4.69) is 10.00 Å². The molecule has 0 spiro atoms. The standard InChI is InChI=1S/C11H18ClN3O/c1-8-10(11(12)14(2)13-8)7-15-5-3-9(16)4-6-15/h9,16H,3-7H2,1-2H3. The Morgan fingerprint density at radius 2 is 2.06 bits per heavy atom. The molecule has 16 heavy (non-hydrogen) atoms. The maximum absolute atomic E-state index is 9.44. The van der Waals surface area contributed by atoms with Crippen molar-refractivity contribution in [3.63, 3.8) is 0 Å². The molecule has 4 nitrogen and oxygen atoms in total. The van der Waals surface area contributed by atoms with Crippen molar-refractivity contribution in [2.45, 2.75) is 32.4 Å². The second kappa shape index (κ2) is 4.73. The van der Waals surface area contributed by atoms with Crippen molar-refractivity contribution < 1.29 is 5.11 Å². The van der Waals surface area contributed by atoms with E-state index < -0.39 is 0 Å². The van der Waals surface area contributed by atoms with Crippen LogP contribution < -0.4 is 0 Å². The van der Waals surface area contributed by atoms with Crippen LogP contribution in [0.15, 0.2) is 0 Å². The van der Waals surface area contributed by atoms with Gasteiger partial charge in [-0.3, -0.25) is 9.58 Å². The van der Waals surface area contributed by atoms with Crippen molar-refractivity contribution in [3.8, 4) is 0 Å². The van der Waals surface area contributed by atoms with E-state index in [-0.39, 0.29) is 6.10 Å². The second-order valence-corrected chi connectivity index (χ2v) is 4.84. The number of hydrogen-bond acceptors (Lipinski definition) is 3. The number of nitrogens with zero attached hydrogens (tertiary/aromatic N) is 3. The van der Waals surface area contributed by atoms with E-state index in [0.29, 0.717) is 0 Å². The predicted molar refractivity (Wildman–Crippen MR) is 63.5 cm³/mol. The van der Waals surface area contributed by atoms with E-state index in [9.17, 15) is 5.11 Å². The van der Waals surface area contributed by atoms with Crippen LogP contribution in [0.1, 0.15) is 24.1 Å². The average Bonchev–Trinajstić information content (AvgIpc) is 2.48. The van der Waals surface area contributed by atoms with Crippen LogP contribution in [0.3, 0.4) is 0 Å². The average molecular weight is 244 g/mol. The Morgan fingerprint density at radius 3 is 2.56 bits per heavy atom. The third-order valence-corrected chi connectivity index (χ3v) is 3.68. The van der Waals surface area contributed by atoms with Crippen LogP contribution in [0.4, 0.5) is 0 Å². The summed E-state index contributed by atoms with van der Waals surface area (Å²) in [6.45, 7) is 4.70. The van der Waals surface area contributed by atoms with Crippen molar-refractivity contribution in [3.05, 3.63) is 16.4 Å². The van der Waals surface area contributed by atoms with Gasteiger partial charge in [0.15, 0.2) is 0 Å². The van der Waals surface area contributed by atoms with E-state index in [1.807, 2.05) is 14.0 Å². The molecular weight excluding hydrogens is 226 g/mol. The van der Waals surface area contributed by atoms with Crippen molar-refractivity contribution >= 4 is 11.6 Å². The monoisotopic (exact) mass is 243 g/mol. The van der Waals surface area contributed by atoms with Gasteiger partial charge in [0.25, 0.3) is 0 Å². The highest BCUT2D eigenvalue weighted by Gasteiger charge is 2.20. The third-order valence-electron chi connectivity index (χ3n) is 3.21. The van der Waals surface area contributed by atoms with Gasteiger partial charge in [-0.2, -0.15) is 5.10 Å². The molecule has 5 heteroatoms. The summed E-state index contributed by atoms with van der Waals surface area (Å²) < 4.78 is 1.71. The topological polar surface area (TPSA) is 41.3 Å². The molecule has 1 saturated heterocycles. The first kappa shape index (κ1) is 11.9. The molecule has 0 amide bonds. The summed E-state index contributed by atoms with van der Waals surface area (Å²) in [5, 5.41) is 14.5. The predicted octanol–water partition coefficient (Wildman–Crippen LogP) is 1.34. The van der Waals surface area contributed by atoms with Gasteiger partial charge in [-0.25, -0.2) is 0 Å². The molecule has 0 atom stereocenters. The number of piperidine rings is 1. The summed E-state index contributed by atoms with van der Waals surface area (Å²) in [4.78, 5) is 2.32. The zero-order chi connectivity index (χ0) is 11.7. The molecule has 0 radical (unpaired) electrons. The molecule has 2 rings (SSSR count). The van der Waals surface area contributed by atoms with Gasteiger partial charge >= 0.3 is 0 Å². The number of halogens is 1. The van der Waals surface area contributed by atoms with Crippen molar-refractivity contribution in [1.29, 1.82) is 0 Å². The van der Waals surface area contributed by atoms with Gasteiger partial charge in [-0.05, 0) is 19.8 Å². The minimum atomic E-state index is -0.123. The second-order valence-electron chi connectivity index (χ2n) is 4.49. The van der Waals surface area contributed by atoms with E-state index in [4.69, 9.17) is 11.6 Å². The molecular formula is C11H18ClN3O. The van der Waals surface area contributed by atoms with Crippen molar-refractivity contribution in [1.82, 2.24) is 14.7 Å². The molecule has 1 aliphatic rings. The normalized spacial score (nSPS) is 19.2. The molecule has 90 valence electrons. The van der Waals surface area contributed by atoms with E-state index in [1.54, 1.807) is 4.68 Å². The van der Waals surface area contributed by atoms with Gasteiger partial charge in [0.05, 0.1) is 11.8 Å². The first-order valence-corrected chi connectivity index (χ1v) is 6.04. The first-order chi connectivity index (χ1) is 7.58. The third kappa shape index (κ3) is 2.39. The molecule has 0 bridgehead atoms. The highest BCUT2D eigenvalue weighted by molar-refractivity contribution is 6.30. The molecule has 1 N–H and O–H groups in total. The Labute approximate surface area is 101 Å². The minimum Gasteiger partial charge on any atom is -0.393 e. The van der Waals surface area contributed by atoms with Crippen molar-refractivity contribution in [2.24, 2.45) is 7.05 Å². The highest BCUT2D eigenvalue weighted by Crippen LogP contribution is 2.22. The van der Waals surface area contributed by atoms with Gasteiger partial charge in [0.2, 0.25) is 0 Å². The molecule has 1 aromatic rings. The Morgan fingerprint density at radius 1 is 1.44 bits per heavy atom. The number of aliphatic hydroxyl groups excluding tert-OH is 1. The van der Waals surface area contributed by atoms with Crippen LogP contribution in [-0.4, -0.2) is 39.0 Å². The molecule has 0 aromatic carbocycles. The Bertz CT molecular complexity index is 370. The number of rotatable bonds is 2. The summed E-state index contributed by atoms with van der Waals surface area (Å²) in [5.74, 6) is 0. The zero-order valence-electron chi connectivity index (χ0n) is 9.78. The first-order valence-electron chi connectivity index (χ1n) is 5.66. The van der Waals surface area contributed by atoms with Gasteiger partial charge < -0.3 is 5.11 Å². The minimum absolute atomic E-state index is 0.123. The maximum Gasteiger partial charge on any atom is 0.131 e. The van der Waals surface area contributed by atoms with Crippen LogP contribution in [0.2, 0.25) is 5.15 Å². The smallest absolute Gasteiger partial charge is 0.131 e. The lowest BCUT2D eigenvalue weighted by Crippen LogP contribution is -2.35. The summed E-state index contributed by atoms with van der Waals surface area (Å²) in [5.41, 5.74) is 2.11. The van der Waals surface area contributed by atoms with Crippen LogP contribution in [-0.2, 0) is 13.6 Å². The van der Waals surface area contributed by atoms with Gasteiger partial charge in [-0.1, -0.05) is 11.6 Å². The fourth-order valence-electron chi connectivity index (χ4n) is 2.15. The lowest BCUT2D eigenvalue weighted by molar-refractivity contribution is 0.0792. The van der Waals surface area contributed by atoms with E-state index >= 15 is 0 Å². The Hall–Kier alpha value is -0.580. The number of likely N-dealkylation sites (tertiary alicyclic amines) is 1. The lowest BCUT2D eigenvalue weighted by Gasteiger charge is -2.29. The summed E-state index contributed by atoms with van der Waals surface area (Å²) in [6, 6.07) is 0. The molecule has 1 fully saturated rings. The van der Waals surface area contributed by atoms with Crippen LogP contribution >= 0.6 is 11.6 Å². The molecule has 1 aliphatic heterocycles. The fourth-order valence-corrected chi connectivity index (χ4v) is 2.39. The number of aliphatic hydroxyl groups is 1. The molecule has 2 heterocycles. The number of aryl methyl sites for hydroxylation is 2. The van der Waals surface area contributed by atoms with Crippen LogP contribution in [0.25, 0.3) is 0 Å². The van der Waals surface area contributed by atoms with Gasteiger partial charge in [0.1, 0.15) is 5.15 Å². The summed E-state index contributed by atoms with van der Waals surface area (Å²) in [7, 11) is 1.86. The van der Waals surface area contributed by atoms with E-state index in [1.165, 1.54) is 0 Å². The Kier molecular flexibility index (Phi) is 3.52. The van der Waals surface area contributed by atoms with Gasteiger partial charge in [-0.15, -0.1) is 0 Å². The molecule has 0 aliphatic carbocycles. The van der Waals surface area contributed by atoms with Crippen molar-refractivity contribution in [2.75, 3.05) is 13.1 Å². The lowest BCUT2D eigenvalue weighted by atomic mass is 10.1. The summed E-state index contributed by atoms with van der Waals surface area (Å²) in [6.07, 6.45) is 1.59. The largest absolute Gasteiger partial charge is 0.393 e. The van der Waals surface area contributed by atoms with Crippen LogP contribution in [0, 0.1) is 6.92 Å². The van der Waals surface area contributed by atoms with Crippen LogP contribution in [0.5, 0.6) is 0 Å². The van der Waals surface area contributed by atoms with Gasteiger partial charge in [0, 0.05) is 32.2 Å². The quantitative estimate of drug-likeness (QED) is 0.852. The zero-order valence-corrected chi connectivity index (χ0v) is 10.5. The number of hydrogen-bond donors (Lipinski definition) is 1. The highest BCUT2D eigenvalue weighted by atomic mass is 35.5. The molecule has 0 saturated carbocycles. The summed E-state index contributed by atoms with van der Waals surface area (Å²) >= 11 is 6.19.